The van der Waals surface area contributed by atoms with Gasteiger partial charge in [-0.25, -0.2) is 8.78 Å². The van der Waals surface area contributed by atoms with Crippen LogP contribution >= 0.6 is 0 Å². The number of ether oxygens (including phenoxy) is 1. The van der Waals surface area contributed by atoms with Crippen molar-refractivity contribution in [2.24, 2.45) is 17.8 Å². The summed E-state index contributed by atoms with van der Waals surface area (Å²) in [6, 6.07) is 6.97. The van der Waals surface area contributed by atoms with Crippen LogP contribution in [0, 0.1) is 29.4 Å². The summed E-state index contributed by atoms with van der Waals surface area (Å²) >= 11 is 0. The first kappa shape index (κ1) is 24.2. The molecule has 1 nitrogen and oxygen atoms in total. The van der Waals surface area contributed by atoms with Crippen LogP contribution in [0.25, 0.3) is 10.8 Å². The molecule has 2 aromatic rings. The Balaban J connectivity index is 1.38. The molecule has 0 N–H and O–H groups in total. The fourth-order valence-electron chi connectivity index (χ4n) is 6.46. The molecule has 0 aliphatic heterocycles. The summed E-state index contributed by atoms with van der Waals surface area (Å²) < 4.78 is 35.2. The quantitative estimate of drug-likeness (QED) is 0.257. The highest BCUT2D eigenvalue weighted by atomic mass is 19.1. The maximum absolute atomic E-state index is 15.0. The van der Waals surface area contributed by atoms with Gasteiger partial charge in [0.25, 0.3) is 0 Å². The lowest BCUT2D eigenvalue weighted by Gasteiger charge is -2.42. The van der Waals surface area contributed by atoms with Crippen molar-refractivity contribution in [2.75, 3.05) is 6.61 Å². The van der Waals surface area contributed by atoms with E-state index < -0.39 is 11.6 Å². The maximum atomic E-state index is 15.0. The second-order valence-corrected chi connectivity index (χ2v) is 10.5. The van der Waals surface area contributed by atoms with Crippen LogP contribution in [0.4, 0.5) is 8.78 Å². The largest absolute Gasteiger partial charge is 0.486 e. The molecule has 0 aromatic heterocycles. The summed E-state index contributed by atoms with van der Waals surface area (Å²) in [7, 11) is 0. The van der Waals surface area contributed by atoms with Crippen LogP contribution in [0.2, 0.25) is 0 Å². The fourth-order valence-corrected chi connectivity index (χ4v) is 6.46. The molecule has 2 aliphatic rings. The van der Waals surface area contributed by atoms with Crippen LogP contribution in [0.3, 0.4) is 0 Å². The number of halogens is 2. The van der Waals surface area contributed by atoms with E-state index in [-0.39, 0.29) is 17.7 Å². The lowest BCUT2D eigenvalue weighted by atomic mass is 9.63. The minimum atomic E-state index is -0.616. The molecule has 2 fully saturated rings. The van der Waals surface area contributed by atoms with E-state index in [2.05, 4.69) is 13.5 Å². The zero-order chi connectivity index (χ0) is 23.2. The third-order valence-electron chi connectivity index (χ3n) is 8.26. The SMILES string of the molecule is C=CCOc1ccc2cc([C@@H]3CC[C@@H]4CC(CCCCCCC)CCC4C3)cc(F)c2c1F. The van der Waals surface area contributed by atoms with Gasteiger partial charge in [-0.1, -0.05) is 76.7 Å². The zero-order valence-electron chi connectivity index (χ0n) is 20.3. The Morgan fingerprint density at radius 3 is 2.58 bits per heavy atom. The monoisotopic (exact) mass is 454 g/mol. The Morgan fingerprint density at radius 2 is 1.76 bits per heavy atom. The van der Waals surface area contributed by atoms with Gasteiger partial charge >= 0.3 is 0 Å². The Bertz CT molecular complexity index is 937. The summed E-state index contributed by atoms with van der Waals surface area (Å²) in [4.78, 5) is 0. The van der Waals surface area contributed by atoms with E-state index in [1.165, 1.54) is 64.2 Å². The van der Waals surface area contributed by atoms with E-state index >= 15 is 4.39 Å². The van der Waals surface area contributed by atoms with Gasteiger partial charge in [0, 0.05) is 0 Å². The van der Waals surface area contributed by atoms with Gasteiger partial charge in [0.1, 0.15) is 12.4 Å². The molecule has 4 rings (SSSR count). The van der Waals surface area contributed by atoms with Crippen molar-refractivity contribution in [2.45, 2.75) is 89.9 Å². The van der Waals surface area contributed by atoms with Gasteiger partial charge in [-0.3, -0.25) is 0 Å². The Labute approximate surface area is 198 Å². The number of rotatable bonds is 10. The number of unbranched alkanes of at least 4 members (excludes halogenated alkanes) is 4. The van der Waals surface area contributed by atoms with Crippen LogP contribution in [0.15, 0.2) is 36.9 Å². The third-order valence-corrected chi connectivity index (χ3v) is 8.26. The highest BCUT2D eigenvalue weighted by Gasteiger charge is 2.36. The summed E-state index contributed by atoms with van der Waals surface area (Å²) in [5.74, 6) is 1.91. The van der Waals surface area contributed by atoms with Crippen molar-refractivity contribution in [3.05, 3.63) is 54.1 Å². The average molecular weight is 455 g/mol. The number of benzene rings is 2. The fraction of sp³-hybridized carbons (Fsp3) is 0.600. The number of fused-ring (bicyclic) bond motifs is 2. The van der Waals surface area contributed by atoms with Gasteiger partial charge in [-0.15, -0.1) is 0 Å². The molecule has 0 saturated heterocycles. The van der Waals surface area contributed by atoms with Gasteiger partial charge < -0.3 is 4.74 Å². The molecular weight excluding hydrogens is 414 g/mol. The molecule has 2 unspecified atom stereocenters. The minimum absolute atomic E-state index is 0.0356. The highest BCUT2D eigenvalue weighted by molar-refractivity contribution is 5.86. The summed E-state index contributed by atoms with van der Waals surface area (Å²) in [5.41, 5.74) is 1.04. The van der Waals surface area contributed by atoms with Crippen molar-refractivity contribution in [1.29, 1.82) is 0 Å². The van der Waals surface area contributed by atoms with E-state index in [1.54, 1.807) is 24.3 Å². The van der Waals surface area contributed by atoms with E-state index in [4.69, 9.17) is 4.74 Å². The molecule has 180 valence electrons. The lowest BCUT2D eigenvalue weighted by molar-refractivity contribution is 0.113. The van der Waals surface area contributed by atoms with Gasteiger partial charge in [-0.05, 0) is 78.9 Å². The van der Waals surface area contributed by atoms with Gasteiger partial charge in [0.2, 0.25) is 0 Å². The molecule has 4 atom stereocenters. The smallest absolute Gasteiger partial charge is 0.175 e. The third kappa shape index (κ3) is 5.78. The number of hydrogen-bond donors (Lipinski definition) is 0. The zero-order valence-corrected chi connectivity index (χ0v) is 20.3. The van der Waals surface area contributed by atoms with Crippen LogP contribution in [-0.2, 0) is 0 Å². The molecule has 0 heterocycles. The Hall–Kier alpha value is -1.90. The summed E-state index contributed by atoms with van der Waals surface area (Å²) in [6.45, 7) is 6.06. The molecule has 2 aromatic carbocycles. The van der Waals surface area contributed by atoms with Crippen LogP contribution in [-0.4, -0.2) is 6.61 Å². The summed E-state index contributed by atoms with van der Waals surface area (Å²) in [6.07, 6.45) is 17.5. The highest BCUT2D eigenvalue weighted by Crippen LogP contribution is 2.49. The molecule has 2 saturated carbocycles. The molecule has 33 heavy (non-hydrogen) atoms. The predicted octanol–water partition coefficient (Wildman–Crippen LogP) is 9.34. The Kier molecular flexibility index (Phi) is 8.44. The second-order valence-electron chi connectivity index (χ2n) is 10.5. The van der Waals surface area contributed by atoms with E-state index in [0.717, 1.165) is 36.2 Å². The topological polar surface area (TPSA) is 9.23 Å². The molecule has 2 aliphatic carbocycles. The lowest BCUT2D eigenvalue weighted by Crippen LogP contribution is -2.30. The minimum Gasteiger partial charge on any atom is -0.486 e. The molecular formula is C30H40F2O. The molecule has 0 bridgehead atoms. The molecule has 0 radical (unpaired) electrons. The molecule has 0 amide bonds. The van der Waals surface area contributed by atoms with Gasteiger partial charge in [-0.2, -0.15) is 0 Å². The maximum Gasteiger partial charge on any atom is 0.175 e. The predicted molar refractivity (Wildman–Crippen MR) is 134 cm³/mol. The van der Waals surface area contributed by atoms with Crippen molar-refractivity contribution >= 4 is 10.8 Å². The first-order valence-corrected chi connectivity index (χ1v) is 13.3. The van der Waals surface area contributed by atoms with Gasteiger partial charge in [0.15, 0.2) is 11.6 Å². The first-order valence-electron chi connectivity index (χ1n) is 13.3. The second kappa shape index (κ2) is 11.5. The van der Waals surface area contributed by atoms with Crippen molar-refractivity contribution < 1.29 is 13.5 Å². The van der Waals surface area contributed by atoms with Crippen LogP contribution < -0.4 is 4.74 Å². The van der Waals surface area contributed by atoms with Crippen molar-refractivity contribution in [3.8, 4) is 5.75 Å². The average Bonchev–Trinajstić information content (AvgIpc) is 2.83. The van der Waals surface area contributed by atoms with E-state index in [0.29, 0.717) is 11.3 Å². The first-order chi connectivity index (χ1) is 16.1. The van der Waals surface area contributed by atoms with E-state index in [9.17, 15) is 4.39 Å². The van der Waals surface area contributed by atoms with Crippen molar-refractivity contribution in [1.82, 2.24) is 0 Å². The summed E-state index contributed by atoms with van der Waals surface area (Å²) in [5, 5.41) is 0.663. The Morgan fingerprint density at radius 1 is 0.970 bits per heavy atom. The number of hydrogen-bond acceptors (Lipinski definition) is 1. The van der Waals surface area contributed by atoms with Crippen LogP contribution in [0.1, 0.15) is 95.5 Å². The van der Waals surface area contributed by atoms with E-state index in [1.807, 2.05) is 6.07 Å². The standard InChI is InChI=1S/C30H40F2O/c1-3-5-6-7-8-9-21-10-11-23-18-24(13-12-22(23)17-21)26-19-25-14-15-28(33-16-4-2)30(32)29(25)27(31)20-26/h4,14-15,19-24H,2-3,5-13,16-18H2,1H3/t21?,22-,23?,24-/m1/s1. The molecule has 3 heteroatoms. The van der Waals surface area contributed by atoms with Crippen molar-refractivity contribution in [3.63, 3.8) is 0 Å². The van der Waals surface area contributed by atoms with Crippen LogP contribution in [0.5, 0.6) is 5.75 Å². The van der Waals surface area contributed by atoms with Gasteiger partial charge in [0.05, 0.1) is 5.39 Å². The normalized spacial score (nSPS) is 25.1. The molecule has 0 spiro atoms.